The van der Waals surface area contributed by atoms with Crippen LogP contribution in [0.2, 0.25) is 0 Å². The summed E-state index contributed by atoms with van der Waals surface area (Å²) < 4.78 is 5.39. The van der Waals surface area contributed by atoms with Gasteiger partial charge in [-0.05, 0) is 65.0 Å². The van der Waals surface area contributed by atoms with Gasteiger partial charge in [-0.1, -0.05) is 57.4 Å². The monoisotopic (exact) mass is 500 g/mol. The van der Waals surface area contributed by atoms with Crippen molar-refractivity contribution in [3.05, 3.63) is 34.9 Å². The fourth-order valence-electron chi connectivity index (χ4n) is 4.00. The number of carbonyl (C=O) groups excluding carboxylic acids is 3. The van der Waals surface area contributed by atoms with E-state index in [-0.39, 0.29) is 24.4 Å². The SMILES string of the molecule is CCCC(C)NC(=O)C(c1cc(C)ccc1C)N(CC#N)C(=O)C(NC(=O)OC(C)(C)C)C(C)CC. The van der Waals surface area contributed by atoms with Crippen LogP contribution in [0.4, 0.5) is 4.79 Å². The molecule has 0 bridgehead atoms. The lowest BCUT2D eigenvalue weighted by Gasteiger charge is -2.35. The molecule has 1 aromatic carbocycles. The van der Waals surface area contributed by atoms with Gasteiger partial charge in [-0.25, -0.2) is 4.79 Å². The number of alkyl carbamates (subject to hydrolysis) is 1. The maximum atomic E-state index is 14.0. The van der Waals surface area contributed by atoms with Crippen LogP contribution in [0.25, 0.3) is 0 Å². The van der Waals surface area contributed by atoms with E-state index in [4.69, 9.17) is 4.74 Å². The summed E-state index contributed by atoms with van der Waals surface area (Å²) in [7, 11) is 0. The third kappa shape index (κ3) is 9.18. The highest BCUT2D eigenvalue weighted by atomic mass is 16.6. The smallest absolute Gasteiger partial charge is 0.408 e. The van der Waals surface area contributed by atoms with Crippen molar-refractivity contribution in [3.8, 4) is 6.07 Å². The molecule has 0 heterocycles. The minimum absolute atomic E-state index is 0.0978. The maximum Gasteiger partial charge on any atom is 0.408 e. The van der Waals surface area contributed by atoms with Gasteiger partial charge >= 0.3 is 6.09 Å². The molecule has 1 rings (SSSR count). The molecule has 2 N–H and O–H groups in total. The first kappa shape index (κ1) is 31.0. The Morgan fingerprint density at radius 3 is 2.28 bits per heavy atom. The summed E-state index contributed by atoms with van der Waals surface area (Å²) in [6.07, 6.45) is 1.56. The molecule has 0 aromatic heterocycles. The first-order chi connectivity index (χ1) is 16.7. The molecular formula is C28H44N4O4. The summed E-state index contributed by atoms with van der Waals surface area (Å²) in [6.45, 7) is 16.4. The third-order valence-corrected chi connectivity index (χ3v) is 6.08. The van der Waals surface area contributed by atoms with E-state index in [9.17, 15) is 19.6 Å². The molecule has 8 nitrogen and oxygen atoms in total. The summed E-state index contributed by atoms with van der Waals surface area (Å²) in [6, 6.07) is 5.68. The molecule has 0 aliphatic heterocycles. The van der Waals surface area contributed by atoms with Gasteiger partial charge in [0.1, 0.15) is 24.2 Å². The van der Waals surface area contributed by atoms with Crippen LogP contribution in [0.15, 0.2) is 18.2 Å². The van der Waals surface area contributed by atoms with Gasteiger partial charge in [0.15, 0.2) is 0 Å². The van der Waals surface area contributed by atoms with Gasteiger partial charge in [-0.3, -0.25) is 9.59 Å². The molecule has 0 aliphatic rings. The van der Waals surface area contributed by atoms with Crippen LogP contribution in [0.5, 0.6) is 0 Å². The number of aryl methyl sites for hydroxylation is 2. The molecule has 0 aliphatic carbocycles. The molecule has 0 spiro atoms. The average Bonchev–Trinajstić information content (AvgIpc) is 2.77. The predicted molar refractivity (Wildman–Crippen MR) is 141 cm³/mol. The molecular weight excluding hydrogens is 456 g/mol. The van der Waals surface area contributed by atoms with E-state index in [1.54, 1.807) is 20.8 Å². The van der Waals surface area contributed by atoms with Crippen molar-refractivity contribution in [2.24, 2.45) is 5.92 Å². The fraction of sp³-hybridized carbons (Fsp3) is 0.643. The number of nitrogens with zero attached hydrogens (tertiary/aromatic N) is 2. The van der Waals surface area contributed by atoms with E-state index in [2.05, 4.69) is 16.7 Å². The summed E-state index contributed by atoms with van der Waals surface area (Å²) in [5, 5.41) is 15.4. The van der Waals surface area contributed by atoms with Gasteiger partial charge in [0.2, 0.25) is 11.8 Å². The summed E-state index contributed by atoms with van der Waals surface area (Å²) in [4.78, 5) is 41.5. The van der Waals surface area contributed by atoms with E-state index in [0.717, 1.165) is 24.0 Å². The molecule has 4 unspecified atom stereocenters. The Morgan fingerprint density at radius 1 is 1.11 bits per heavy atom. The fourth-order valence-corrected chi connectivity index (χ4v) is 4.00. The van der Waals surface area contributed by atoms with Crippen molar-refractivity contribution in [3.63, 3.8) is 0 Å². The van der Waals surface area contributed by atoms with Crippen LogP contribution >= 0.6 is 0 Å². The van der Waals surface area contributed by atoms with Crippen molar-refractivity contribution < 1.29 is 19.1 Å². The topological polar surface area (TPSA) is 112 Å². The highest BCUT2D eigenvalue weighted by molar-refractivity contribution is 5.92. The number of benzene rings is 1. The minimum Gasteiger partial charge on any atom is -0.444 e. The van der Waals surface area contributed by atoms with Crippen molar-refractivity contribution in [2.75, 3.05) is 6.54 Å². The largest absolute Gasteiger partial charge is 0.444 e. The molecule has 36 heavy (non-hydrogen) atoms. The molecule has 0 radical (unpaired) electrons. The van der Waals surface area contributed by atoms with E-state index in [1.807, 2.05) is 59.7 Å². The molecule has 4 atom stereocenters. The molecule has 0 saturated carbocycles. The highest BCUT2D eigenvalue weighted by Gasteiger charge is 2.38. The van der Waals surface area contributed by atoms with Gasteiger partial charge in [-0.15, -0.1) is 0 Å². The van der Waals surface area contributed by atoms with Crippen molar-refractivity contribution >= 4 is 17.9 Å². The zero-order valence-electron chi connectivity index (χ0n) is 23.4. The van der Waals surface area contributed by atoms with Crippen molar-refractivity contribution in [1.29, 1.82) is 5.26 Å². The van der Waals surface area contributed by atoms with Gasteiger partial charge in [0, 0.05) is 6.04 Å². The number of carbonyl (C=O) groups is 3. The van der Waals surface area contributed by atoms with E-state index < -0.39 is 29.7 Å². The summed E-state index contributed by atoms with van der Waals surface area (Å²) in [5.41, 5.74) is 1.68. The van der Waals surface area contributed by atoms with Crippen LogP contribution in [-0.2, 0) is 14.3 Å². The lowest BCUT2D eigenvalue weighted by atomic mass is 9.93. The Bertz CT molecular complexity index is 948. The van der Waals surface area contributed by atoms with E-state index in [0.29, 0.717) is 12.0 Å². The van der Waals surface area contributed by atoms with Crippen LogP contribution in [0, 0.1) is 31.1 Å². The number of ether oxygens (including phenoxy) is 1. The Hall–Kier alpha value is -3.08. The van der Waals surface area contributed by atoms with Gasteiger partial charge in [0.05, 0.1) is 6.07 Å². The summed E-state index contributed by atoms with van der Waals surface area (Å²) >= 11 is 0. The van der Waals surface area contributed by atoms with Crippen molar-refractivity contribution in [2.45, 2.75) is 105 Å². The zero-order chi connectivity index (χ0) is 27.6. The number of nitrogens with one attached hydrogen (secondary N) is 2. The van der Waals surface area contributed by atoms with Crippen LogP contribution in [0.3, 0.4) is 0 Å². The molecule has 3 amide bonds. The first-order valence-electron chi connectivity index (χ1n) is 12.8. The lowest BCUT2D eigenvalue weighted by Crippen LogP contribution is -2.55. The quantitative estimate of drug-likeness (QED) is 0.418. The van der Waals surface area contributed by atoms with Crippen LogP contribution in [-0.4, -0.2) is 47.0 Å². The van der Waals surface area contributed by atoms with Crippen LogP contribution in [0.1, 0.15) is 90.5 Å². The Kier molecular flexibility index (Phi) is 11.9. The van der Waals surface area contributed by atoms with Crippen LogP contribution < -0.4 is 10.6 Å². The molecule has 1 aromatic rings. The second-order valence-electron chi connectivity index (χ2n) is 10.6. The standard InChI is InChI=1S/C28H44N4O4/c1-10-12-21(6)30-25(33)24(22-17-18(3)13-14-20(22)5)32(16-15-29)26(34)23(19(4)11-2)31-27(35)36-28(7,8)9/h13-14,17,19,21,23-24H,10-12,16H2,1-9H3,(H,30,33)(H,31,35). The molecule has 0 fully saturated rings. The molecule has 8 heteroatoms. The number of rotatable bonds is 11. The molecule has 0 saturated heterocycles. The normalized spacial score (nSPS) is 14.6. The molecule has 200 valence electrons. The Morgan fingerprint density at radius 2 is 1.75 bits per heavy atom. The van der Waals surface area contributed by atoms with Crippen molar-refractivity contribution in [1.82, 2.24) is 15.5 Å². The maximum absolute atomic E-state index is 14.0. The number of hydrogen-bond acceptors (Lipinski definition) is 5. The Balaban J connectivity index is 3.56. The summed E-state index contributed by atoms with van der Waals surface area (Å²) in [5.74, 6) is -1.11. The number of amides is 3. The van der Waals surface area contributed by atoms with E-state index >= 15 is 0 Å². The lowest BCUT2D eigenvalue weighted by molar-refractivity contribution is -0.143. The first-order valence-corrected chi connectivity index (χ1v) is 12.8. The zero-order valence-corrected chi connectivity index (χ0v) is 23.4. The Labute approximate surface area is 216 Å². The van der Waals surface area contributed by atoms with E-state index in [1.165, 1.54) is 4.90 Å². The second kappa shape index (κ2) is 13.9. The predicted octanol–water partition coefficient (Wildman–Crippen LogP) is 4.94. The minimum atomic E-state index is -1.02. The third-order valence-electron chi connectivity index (χ3n) is 6.08. The number of nitriles is 1. The second-order valence-corrected chi connectivity index (χ2v) is 10.6. The van der Waals surface area contributed by atoms with Gasteiger partial charge in [0.25, 0.3) is 0 Å². The van der Waals surface area contributed by atoms with Gasteiger partial charge in [-0.2, -0.15) is 5.26 Å². The number of hydrogen-bond donors (Lipinski definition) is 2. The highest BCUT2D eigenvalue weighted by Crippen LogP contribution is 2.28. The van der Waals surface area contributed by atoms with Gasteiger partial charge < -0.3 is 20.3 Å². The average molecular weight is 501 g/mol.